The van der Waals surface area contributed by atoms with Crippen molar-refractivity contribution < 1.29 is 4.74 Å². The number of hydrogen-bond acceptors (Lipinski definition) is 5. The molecule has 2 aliphatic rings. The van der Waals surface area contributed by atoms with Gasteiger partial charge in [0.15, 0.2) is 5.82 Å². The molecule has 36 heavy (non-hydrogen) atoms. The number of para-hydroxylation sites is 1. The molecule has 5 heteroatoms. The Hall–Kier alpha value is -3.08. The molecule has 1 saturated heterocycles. The van der Waals surface area contributed by atoms with Crippen molar-refractivity contribution in [3.63, 3.8) is 0 Å². The van der Waals surface area contributed by atoms with Gasteiger partial charge >= 0.3 is 0 Å². The highest BCUT2D eigenvalue weighted by molar-refractivity contribution is 5.68. The number of piperidine rings is 1. The van der Waals surface area contributed by atoms with Gasteiger partial charge in [0.05, 0.1) is 18.4 Å². The maximum atomic E-state index is 5.68. The summed E-state index contributed by atoms with van der Waals surface area (Å²) in [5, 5.41) is 0. The standard InChI is InChI=1S/C31H40N4O/c1-21(2)23-13-12-22(3)27(18-23)34-17-14-26-25(19-34)30(35-16-9-15-31(4,5)20-35)33-29(32-26)24-10-7-8-11-28(24)36-6/h7-8,10-13,18,21H,9,14-17,19-20H2,1-6H3. The van der Waals surface area contributed by atoms with Gasteiger partial charge in [0.2, 0.25) is 0 Å². The second-order valence-electron chi connectivity index (χ2n) is 11.6. The molecule has 2 aromatic carbocycles. The lowest BCUT2D eigenvalue weighted by Gasteiger charge is -2.41. The molecular formula is C31H40N4O. The summed E-state index contributed by atoms with van der Waals surface area (Å²) >= 11 is 0. The number of methoxy groups -OCH3 is 1. The van der Waals surface area contributed by atoms with Crippen LogP contribution in [0.15, 0.2) is 42.5 Å². The predicted molar refractivity (Wildman–Crippen MR) is 149 cm³/mol. The Bertz CT molecular complexity index is 1250. The van der Waals surface area contributed by atoms with Crippen LogP contribution < -0.4 is 14.5 Å². The third-order valence-electron chi connectivity index (χ3n) is 7.83. The molecule has 0 aliphatic carbocycles. The van der Waals surface area contributed by atoms with Gasteiger partial charge in [0, 0.05) is 43.9 Å². The van der Waals surface area contributed by atoms with E-state index in [0.29, 0.717) is 5.92 Å². The van der Waals surface area contributed by atoms with Crippen molar-refractivity contribution in [1.82, 2.24) is 9.97 Å². The molecule has 1 fully saturated rings. The molecule has 5 rings (SSSR count). The minimum atomic E-state index is 0.275. The molecule has 0 radical (unpaired) electrons. The largest absolute Gasteiger partial charge is 0.496 e. The Morgan fingerprint density at radius 1 is 1.00 bits per heavy atom. The van der Waals surface area contributed by atoms with Crippen molar-refractivity contribution in [2.24, 2.45) is 5.41 Å². The minimum Gasteiger partial charge on any atom is -0.496 e. The maximum absolute atomic E-state index is 5.68. The molecule has 0 N–H and O–H groups in total. The Labute approximate surface area is 216 Å². The van der Waals surface area contributed by atoms with E-state index in [1.54, 1.807) is 7.11 Å². The van der Waals surface area contributed by atoms with Gasteiger partial charge in [-0.25, -0.2) is 9.97 Å². The van der Waals surface area contributed by atoms with E-state index < -0.39 is 0 Å². The van der Waals surface area contributed by atoms with E-state index in [4.69, 9.17) is 14.7 Å². The Morgan fingerprint density at radius 3 is 2.56 bits per heavy atom. The molecule has 0 atom stereocenters. The second-order valence-corrected chi connectivity index (χ2v) is 11.6. The highest BCUT2D eigenvalue weighted by Gasteiger charge is 2.32. The lowest BCUT2D eigenvalue weighted by molar-refractivity contribution is 0.291. The summed E-state index contributed by atoms with van der Waals surface area (Å²) in [6.45, 7) is 15.4. The topological polar surface area (TPSA) is 41.5 Å². The first-order chi connectivity index (χ1) is 17.3. The quantitative estimate of drug-likeness (QED) is 0.400. The summed E-state index contributed by atoms with van der Waals surface area (Å²) < 4.78 is 5.68. The molecule has 3 heterocycles. The van der Waals surface area contributed by atoms with E-state index in [9.17, 15) is 0 Å². The first-order valence-corrected chi connectivity index (χ1v) is 13.4. The van der Waals surface area contributed by atoms with Crippen LogP contribution in [-0.2, 0) is 13.0 Å². The van der Waals surface area contributed by atoms with Gasteiger partial charge in [0.25, 0.3) is 0 Å². The van der Waals surface area contributed by atoms with Crippen LogP contribution in [0.2, 0.25) is 0 Å². The highest BCUT2D eigenvalue weighted by atomic mass is 16.5. The van der Waals surface area contributed by atoms with Gasteiger partial charge in [-0.05, 0) is 60.4 Å². The average Bonchev–Trinajstić information content (AvgIpc) is 2.87. The van der Waals surface area contributed by atoms with E-state index in [-0.39, 0.29) is 5.41 Å². The summed E-state index contributed by atoms with van der Waals surface area (Å²) in [7, 11) is 1.72. The lowest BCUT2D eigenvalue weighted by atomic mass is 9.84. The van der Waals surface area contributed by atoms with Gasteiger partial charge < -0.3 is 14.5 Å². The van der Waals surface area contributed by atoms with E-state index in [1.165, 1.54) is 40.9 Å². The van der Waals surface area contributed by atoms with Crippen LogP contribution in [0, 0.1) is 12.3 Å². The van der Waals surface area contributed by atoms with Crippen LogP contribution in [0.25, 0.3) is 11.4 Å². The maximum Gasteiger partial charge on any atom is 0.165 e. The smallest absolute Gasteiger partial charge is 0.165 e. The normalized spacial score (nSPS) is 17.3. The molecule has 1 aromatic heterocycles. The second kappa shape index (κ2) is 9.76. The van der Waals surface area contributed by atoms with Crippen molar-refractivity contribution in [3.05, 3.63) is 64.8 Å². The fraction of sp³-hybridized carbons (Fsp3) is 0.484. The van der Waals surface area contributed by atoms with Gasteiger partial charge in [-0.2, -0.15) is 0 Å². The van der Waals surface area contributed by atoms with Gasteiger partial charge in [-0.1, -0.05) is 52.0 Å². The zero-order valence-electron chi connectivity index (χ0n) is 22.8. The fourth-order valence-electron chi connectivity index (χ4n) is 5.74. The monoisotopic (exact) mass is 484 g/mol. The number of ether oxygens (including phenoxy) is 1. The minimum absolute atomic E-state index is 0.275. The van der Waals surface area contributed by atoms with E-state index >= 15 is 0 Å². The van der Waals surface area contributed by atoms with E-state index in [2.05, 4.69) is 68.7 Å². The van der Waals surface area contributed by atoms with Gasteiger partial charge in [-0.3, -0.25) is 0 Å². The number of aromatic nitrogens is 2. The zero-order valence-corrected chi connectivity index (χ0v) is 22.8. The SMILES string of the molecule is COc1ccccc1-c1nc2c(c(N3CCCC(C)(C)C3)n1)CN(c1cc(C(C)C)ccc1C)CC2. The molecule has 0 unspecified atom stereocenters. The molecule has 2 aliphatic heterocycles. The van der Waals surface area contributed by atoms with Crippen LogP contribution in [0.1, 0.15) is 68.8 Å². The van der Waals surface area contributed by atoms with E-state index in [0.717, 1.165) is 55.6 Å². The van der Waals surface area contributed by atoms with Crippen LogP contribution in [0.3, 0.4) is 0 Å². The summed E-state index contributed by atoms with van der Waals surface area (Å²) in [5.41, 5.74) is 7.76. The van der Waals surface area contributed by atoms with Gasteiger partial charge in [0.1, 0.15) is 11.6 Å². The third kappa shape index (κ3) is 4.80. The molecule has 0 spiro atoms. The van der Waals surface area contributed by atoms with Crippen LogP contribution in [-0.4, -0.2) is 36.7 Å². The molecule has 0 amide bonds. The Morgan fingerprint density at radius 2 is 1.81 bits per heavy atom. The van der Waals surface area contributed by atoms with Crippen molar-refractivity contribution in [2.45, 2.75) is 66.3 Å². The average molecular weight is 485 g/mol. The summed E-state index contributed by atoms with van der Waals surface area (Å²) in [6.07, 6.45) is 3.36. The van der Waals surface area contributed by atoms with Crippen molar-refractivity contribution in [2.75, 3.05) is 36.5 Å². The lowest BCUT2D eigenvalue weighted by Crippen LogP contribution is -2.42. The van der Waals surface area contributed by atoms with E-state index in [1.807, 2.05) is 18.2 Å². The first-order valence-electron chi connectivity index (χ1n) is 13.4. The summed E-state index contributed by atoms with van der Waals surface area (Å²) in [6, 6.07) is 15.0. The van der Waals surface area contributed by atoms with Crippen LogP contribution >= 0.6 is 0 Å². The Balaban J connectivity index is 1.60. The van der Waals surface area contributed by atoms with Crippen molar-refractivity contribution in [1.29, 1.82) is 0 Å². The summed E-state index contributed by atoms with van der Waals surface area (Å²) in [5.74, 6) is 3.22. The number of benzene rings is 2. The molecule has 190 valence electrons. The number of fused-ring (bicyclic) bond motifs is 1. The van der Waals surface area contributed by atoms with Crippen LogP contribution in [0.4, 0.5) is 11.5 Å². The molecular weight excluding hydrogens is 444 g/mol. The molecule has 5 nitrogen and oxygen atoms in total. The summed E-state index contributed by atoms with van der Waals surface area (Å²) in [4.78, 5) is 15.4. The predicted octanol–water partition coefficient (Wildman–Crippen LogP) is 6.77. The zero-order chi connectivity index (χ0) is 25.4. The van der Waals surface area contributed by atoms with Crippen molar-refractivity contribution >= 4 is 11.5 Å². The fourth-order valence-corrected chi connectivity index (χ4v) is 5.74. The van der Waals surface area contributed by atoms with Crippen LogP contribution in [0.5, 0.6) is 5.75 Å². The highest BCUT2D eigenvalue weighted by Crippen LogP contribution is 2.38. The van der Waals surface area contributed by atoms with Crippen molar-refractivity contribution in [3.8, 4) is 17.1 Å². The number of nitrogens with zero attached hydrogens (tertiary/aromatic N) is 4. The number of rotatable bonds is 5. The number of anilines is 2. The number of hydrogen-bond donors (Lipinski definition) is 0. The number of aryl methyl sites for hydroxylation is 1. The molecule has 0 saturated carbocycles. The Kier molecular flexibility index (Phi) is 6.67. The first kappa shape index (κ1) is 24.6. The third-order valence-corrected chi connectivity index (χ3v) is 7.83. The molecule has 3 aromatic rings. The molecule has 0 bridgehead atoms. The van der Waals surface area contributed by atoms with Gasteiger partial charge in [-0.15, -0.1) is 0 Å².